The van der Waals surface area contributed by atoms with Gasteiger partial charge in [-0.25, -0.2) is 4.39 Å². The summed E-state index contributed by atoms with van der Waals surface area (Å²) in [7, 11) is 0. The second-order valence-corrected chi connectivity index (χ2v) is 6.06. The van der Waals surface area contributed by atoms with Crippen LogP contribution >= 0.6 is 0 Å². The van der Waals surface area contributed by atoms with Crippen molar-refractivity contribution in [1.82, 2.24) is 0 Å². The lowest BCUT2D eigenvalue weighted by Gasteiger charge is -2.08. The van der Waals surface area contributed by atoms with Gasteiger partial charge >= 0.3 is 0 Å². The van der Waals surface area contributed by atoms with Crippen molar-refractivity contribution >= 4 is 11.6 Å². The average molecular weight is 317 g/mol. The molecule has 118 valence electrons. The van der Waals surface area contributed by atoms with Crippen LogP contribution in [0.25, 0.3) is 11.1 Å². The van der Waals surface area contributed by atoms with Crippen LogP contribution in [-0.4, -0.2) is 5.91 Å². The van der Waals surface area contributed by atoms with Crippen molar-refractivity contribution in [3.63, 3.8) is 0 Å². The number of carbonyl (C=O) groups excluding carboxylic acids is 1. The van der Waals surface area contributed by atoms with E-state index < -0.39 is 0 Å². The summed E-state index contributed by atoms with van der Waals surface area (Å²) in [5.74, 6) is -0.471. The standard InChI is InChI=1S/C21H16FNO/c22-17-6-3-4-14(10-17)11-21(24)23-18-9-8-16-12-15-5-1-2-7-19(15)20(16)13-18/h1-10,13H,11-12H2,(H,23,24). The molecule has 4 rings (SSSR count). The lowest BCUT2D eigenvalue weighted by Crippen LogP contribution is -2.14. The van der Waals surface area contributed by atoms with Gasteiger partial charge in [0.2, 0.25) is 5.91 Å². The number of amides is 1. The van der Waals surface area contributed by atoms with Crippen LogP contribution in [0.5, 0.6) is 0 Å². The Morgan fingerprint density at radius 3 is 2.62 bits per heavy atom. The summed E-state index contributed by atoms with van der Waals surface area (Å²) in [5.41, 5.74) is 6.43. The first-order valence-corrected chi connectivity index (χ1v) is 7.94. The maximum Gasteiger partial charge on any atom is 0.228 e. The molecule has 0 heterocycles. The molecule has 3 aromatic carbocycles. The zero-order valence-corrected chi connectivity index (χ0v) is 13.1. The van der Waals surface area contributed by atoms with Gasteiger partial charge in [0.25, 0.3) is 0 Å². The highest BCUT2D eigenvalue weighted by atomic mass is 19.1. The summed E-state index contributed by atoms with van der Waals surface area (Å²) in [6.07, 6.45) is 1.09. The van der Waals surface area contributed by atoms with Crippen LogP contribution < -0.4 is 5.32 Å². The molecule has 1 amide bonds. The fourth-order valence-corrected chi connectivity index (χ4v) is 3.24. The summed E-state index contributed by atoms with van der Waals surface area (Å²) in [6.45, 7) is 0. The molecule has 0 aromatic heterocycles. The van der Waals surface area contributed by atoms with Crippen LogP contribution in [0.4, 0.5) is 10.1 Å². The Morgan fingerprint density at radius 2 is 1.75 bits per heavy atom. The van der Waals surface area contributed by atoms with Gasteiger partial charge in [-0.05, 0) is 58.5 Å². The molecular formula is C21H16FNO. The fourth-order valence-electron chi connectivity index (χ4n) is 3.24. The first-order valence-electron chi connectivity index (χ1n) is 7.94. The number of halogens is 1. The molecule has 24 heavy (non-hydrogen) atoms. The minimum atomic E-state index is -0.325. The van der Waals surface area contributed by atoms with Crippen molar-refractivity contribution in [2.75, 3.05) is 5.32 Å². The minimum Gasteiger partial charge on any atom is -0.326 e. The third kappa shape index (κ3) is 2.81. The second-order valence-electron chi connectivity index (χ2n) is 6.06. The van der Waals surface area contributed by atoms with Gasteiger partial charge in [0.15, 0.2) is 0 Å². The Labute approximate surface area is 140 Å². The zero-order chi connectivity index (χ0) is 16.5. The number of fused-ring (bicyclic) bond motifs is 3. The predicted molar refractivity (Wildman–Crippen MR) is 93.4 cm³/mol. The van der Waals surface area contributed by atoms with Gasteiger partial charge in [-0.3, -0.25) is 4.79 Å². The Hall–Kier alpha value is -2.94. The number of anilines is 1. The summed E-state index contributed by atoms with van der Waals surface area (Å²) >= 11 is 0. The summed E-state index contributed by atoms with van der Waals surface area (Å²) in [5, 5.41) is 2.91. The highest BCUT2D eigenvalue weighted by molar-refractivity contribution is 5.93. The average Bonchev–Trinajstić information content (AvgIpc) is 2.93. The predicted octanol–water partition coefficient (Wildman–Crippen LogP) is 4.58. The molecule has 0 saturated carbocycles. The quantitative estimate of drug-likeness (QED) is 0.589. The molecular weight excluding hydrogens is 301 g/mol. The van der Waals surface area contributed by atoms with Crippen molar-refractivity contribution in [2.24, 2.45) is 0 Å². The van der Waals surface area contributed by atoms with E-state index in [0.29, 0.717) is 5.56 Å². The van der Waals surface area contributed by atoms with Crippen LogP contribution in [0.2, 0.25) is 0 Å². The van der Waals surface area contributed by atoms with Crippen LogP contribution in [0.3, 0.4) is 0 Å². The molecule has 1 N–H and O–H groups in total. The first kappa shape index (κ1) is 14.6. The Kier molecular flexibility index (Phi) is 3.62. The highest BCUT2D eigenvalue weighted by Gasteiger charge is 2.18. The third-order valence-corrected chi connectivity index (χ3v) is 4.34. The number of hydrogen-bond donors (Lipinski definition) is 1. The van der Waals surface area contributed by atoms with E-state index in [-0.39, 0.29) is 18.1 Å². The lowest BCUT2D eigenvalue weighted by atomic mass is 10.1. The van der Waals surface area contributed by atoms with Crippen molar-refractivity contribution in [2.45, 2.75) is 12.8 Å². The summed E-state index contributed by atoms with van der Waals surface area (Å²) in [4.78, 5) is 12.2. The molecule has 0 saturated heterocycles. The number of hydrogen-bond acceptors (Lipinski definition) is 1. The molecule has 3 aromatic rings. The van der Waals surface area contributed by atoms with Crippen LogP contribution in [0.15, 0.2) is 66.7 Å². The van der Waals surface area contributed by atoms with E-state index in [1.54, 1.807) is 12.1 Å². The Balaban J connectivity index is 1.53. The fraction of sp³-hybridized carbons (Fsp3) is 0.0952. The molecule has 0 atom stereocenters. The maximum absolute atomic E-state index is 13.2. The van der Waals surface area contributed by atoms with Crippen LogP contribution in [-0.2, 0) is 17.6 Å². The van der Waals surface area contributed by atoms with Crippen molar-refractivity contribution < 1.29 is 9.18 Å². The molecule has 0 fully saturated rings. The summed E-state index contributed by atoms with van der Waals surface area (Å²) in [6, 6.07) is 20.5. The number of rotatable bonds is 3. The Bertz CT molecular complexity index is 933. The van der Waals surface area contributed by atoms with Crippen LogP contribution in [0, 0.1) is 5.82 Å². The van der Waals surface area contributed by atoms with E-state index in [2.05, 4.69) is 23.5 Å². The van der Waals surface area contributed by atoms with Crippen molar-refractivity contribution in [1.29, 1.82) is 0 Å². The van der Waals surface area contributed by atoms with E-state index in [0.717, 1.165) is 12.1 Å². The van der Waals surface area contributed by atoms with E-state index in [4.69, 9.17) is 0 Å². The summed E-state index contributed by atoms with van der Waals surface area (Å²) < 4.78 is 13.2. The second kappa shape index (κ2) is 5.93. The maximum atomic E-state index is 13.2. The van der Waals surface area contributed by atoms with Crippen LogP contribution in [0.1, 0.15) is 16.7 Å². The van der Waals surface area contributed by atoms with Gasteiger partial charge in [0, 0.05) is 5.69 Å². The topological polar surface area (TPSA) is 29.1 Å². The largest absolute Gasteiger partial charge is 0.326 e. The molecule has 0 radical (unpaired) electrons. The van der Waals surface area contributed by atoms with Crippen molar-refractivity contribution in [3.05, 3.63) is 89.2 Å². The third-order valence-electron chi connectivity index (χ3n) is 4.34. The highest BCUT2D eigenvalue weighted by Crippen LogP contribution is 2.37. The van der Waals surface area contributed by atoms with E-state index in [1.165, 1.54) is 34.4 Å². The van der Waals surface area contributed by atoms with E-state index in [1.807, 2.05) is 24.3 Å². The first-order chi connectivity index (χ1) is 11.7. The van der Waals surface area contributed by atoms with Gasteiger partial charge in [0.05, 0.1) is 6.42 Å². The molecule has 2 nitrogen and oxygen atoms in total. The molecule has 1 aliphatic carbocycles. The molecule has 0 unspecified atom stereocenters. The Morgan fingerprint density at radius 1 is 0.917 bits per heavy atom. The number of carbonyl (C=O) groups is 1. The number of benzene rings is 3. The van der Waals surface area contributed by atoms with E-state index >= 15 is 0 Å². The smallest absolute Gasteiger partial charge is 0.228 e. The zero-order valence-electron chi connectivity index (χ0n) is 13.1. The SMILES string of the molecule is O=C(Cc1cccc(F)c1)Nc1ccc2c(c1)-c1ccccc1C2. The van der Waals surface area contributed by atoms with Crippen molar-refractivity contribution in [3.8, 4) is 11.1 Å². The molecule has 0 spiro atoms. The molecule has 3 heteroatoms. The molecule has 0 bridgehead atoms. The van der Waals surface area contributed by atoms with Gasteiger partial charge in [0.1, 0.15) is 5.82 Å². The van der Waals surface area contributed by atoms with Gasteiger partial charge in [-0.15, -0.1) is 0 Å². The van der Waals surface area contributed by atoms with Gasteiger partial charge < -0.3 is 5.32 Å². The number of nitrogens with one attached hydrogen (secondary N) is 1. The minimum absolute atomic E-state index is 0.146. The van der Waals surface area contributed by atoms with E-state index in [9.17, 15) is 9.18 Å². The normalized spacial score (nSPS) is 11.7. The van der Waals surface area contributed by atoms with Gasteiger partial charge in [-0.2, -0.15) is 0 Å². The molecule has 1 aliphatic rings. The monoisotopic (exact) mass is 317 g/mol. The molecule has 0 aliphatic heterocycles. The van der Waals surface area contributed by atoms with Gasteiger partial charge in [-0.1, -0.05) is 42.5 Å². The lowest BCUT2D eigenvalue weighted by molar-refractivity contribution is -0.115.